The van der Waals surface area contributed by atoms with Gasteiger partial charge in [0.05, 0.1) is 7.11 Å². The third kappa shape index (κ3) is 5.18. The molecule has 152 valence electrons. The van der Waals surface area contributed by atoms with Crippen molar-refractivity contribution in [2.45, 2.75) is 0 Å². The van der Waals surface area contributed by atoms with Gasteiger partial charge in [0.15, 0.2) is 0 Å². The van der Waals surface area contributed by atoms with Crippen molar-refractivity contribution < 1.29 is 9.57 Å². The highest BCUT2D eigenvalue weighted by molar-refractivity contribution is 7.08. The van der Waals surface area contributed by atoms with E-state index in [0.29, 0.717) is 6.61 Å². The van der Waals surface area contributed by atoms with E-state index in [0.717, 1.165) is 55.3 Å². The molecular weight excluding hydrogens is 402 g/mol. The van der Waals surface area contributed by atoms with Crippen molar-refractivity contribution in [2.75, 3.05) is 51.3 Å². The van der Waals surface area contributed by atoms with E-state index >= 15 is 0 Å². The van der Waals surface area contributed by atoms with Crippen molar-refractivity contribution in [3.8, 4) is 5.75 Å². The molecule has 29 heavy (non-hydrogen) atoms. The summed E-state index contributed by atoms with van der Waals surface area (Å²) in [7, 11) is 1.70. The maximum Gasteiger partial charge on any atom is 0.129 e. The largest absolute Gasteiger partial charge is 0.497 e. The molecule has 1 fully saturated rings. The summed E-state index contributed by atoms with van der Waals surface area (Å²) in [6, 6.07) is 12.5. The van der Waals surface area contributed by atoms with Crippen LogP contribution in [0.1, 0.15) is 11.1 Å². The van der Waals surface area contributed by atoms with E-state index in [1.54, 1.807) is 29.8 Å². The van der Waals surface area contributed by atoms with Crippen LogP contribution in [-0.4, -0.2) is 57.1 Å². The Morgan fingerprint density at radius 1 is 0.931 bits per heavy atom. The van der Waals surface area contributed by atoms with Gasteiger partial charge in [-0.25, -0.2) is 0 Å². The van der Waals surface area contributed by atoms with Gasteiger partial charge in [0.1, 0.15) is 18.1 Å². The Hall–Kier alpha value is -2.35. The quantitative estimate of drug-likeness (QED) is 0.303. The molecule has 3 heterocycles. The molecule has 0 unspecified atom stereocenters. The lowest BCUT2D eigenvalue weighted by Gasteiger charge is -2.35. The van der Waals surface area contributed by atoms with E-state index in [1.807, 2.05) is 12.1 Å². The Bertz CT molecular complexity index is 849. The van der Waals surface area contributed by atoms with Crippen LogP contribution in [0.25, 0.3) is 0 Å². The summed E-state index contributed by atoms with van der Waals surface area (Å²) in [5.41, 5.74) is 4.39. The first-order valence-corrected chi connectivity index (χ1v) is 11.6. The minimum absolute atomic E-state index is 0.598. The number of hydrogen-bond donors (Lipinski definition) is 0. The van der Waals surface area contributed by atoms with Crippen LogP contribution in [0.4, 0.5) is 5.69 Å². The third-order valence-corrected chi connectivity index (χ3v) is 6.42. The number of methoxy groups -OCH3 is 1. The molecule has 0 spiro atoms. The van der Waals surface area contributed by atoms with Crippen LogP contribution in [-0.2, 0) is 4.84 Å². The Kier molecular flexibility index (Phi) is 6.82. The number of nitrogens with zero attached hydrogens (tertiary/aromatic N) is 3. The molecule has 3 aromatic rings. The standard InChI is InChI=1S/C22H25N3O2S2/c1-26-21-4-2-20(3-5-21)25-10-8-24(9-11-25)12-13-27-23-22(18-6-14-28-16-18)19-7-15-29-17-19/h2-7,14-17H,8-13H2,1H3. The summed E-state index contributed by atoms with van der Waals surface area (Å²) < 4.78 is 5.24. The number of thiophene rings is 2. The van der Waals surface area contributed by atoms with Crippen molar-refractivity contribution in [1.29, 1.82) is 0 Å². The second kappa shape index (κ2) is 9.91. The first-order chi connectivity index (χ1) is 14.3. The van der Waals surface area contributed by atoms with E-state index in [-0.39, 0.29) is 0 Å². The Morgan fingerprint density at radius 3 is 2.14 bits per heavy atom. The lowest BCUT2D eigenvalue weighted by Crippen LogP contribution is -2.47. The van der Waals surface area contributed by atoms with E-state index in [9.17, 15) is 0 Å². The number of piperazine rings is 1. The molecule has 1 saturated heterocycles. The minimum Gasteiger partial charge on any atom is -0.497 e. The molecule has 5 nitrogen and oxygen atoms in total. The zero-order valence-electron chi connectivity index (χ0n) is 16.5. The van der Waals surface area contributed by atoms with Crippen LogP contribution >= 0.6 is 22.7 Å². The van der Waals surface area contributed by atoms with Crippen LogP contribution < -0.4 is 9.64 Å². The van der Waals surface area contributed by atoms with Crippen molar-refractivity contribution in [3.05, 3.63) is 69.0 Å². The fourth-order valence-electron chi connectivity index (χ4n) is 3.37. The average molecular weight is 428 g/mol. The number of ether oxygens (including phenoxy) is 1. The molecule has 0 aliphatic carbocycles. The summed E-state index contributed by atoms with van der Waals surface area (Å²) in [4.78, 5) is 10.6. The molecule has 4 rings (SSSR count). The maximum absolute atomic E-state index is 5.71. The summed E-state index contributed by atoms with van der Waals surface area (Å²) in [6.45, 7) is 5.58. The molecule has 0 N–H and O–H groups in total. The van der Waals surface area contributed by atoms with Crippen LogP contribution in [0.15, 0.2) is 63.1 Å². The monoisotopic (exact) mass is 427 g/mol. The topological polar surface area (TPSA) is 37.3 Å². The Morgan fingerprint density at radius 2 is 1.59 bits per heavy atom. The molecule has 0 amide bonds. The van der Waals surface area contributed by atoms with E-state index < -0.39 is 0 Å². The zero-order chi connectivity index (χ0) is 19.9. The highest BCUT2D eigenvalue weighted by atomic mass is 32.1. The lowest BCUT2D eigenvalue weighted by atomic mass is 10.1. The van der Waals surface area contributed by atoms with E-state index in [2.05, 4.69) is 60.7 Å². The number of hydrogen-bond acceptors (Lipinski definition) is 7. The summed E-state index contributed by atoms with van der Waals surface area (Å²) in [6.07, 6.45) is 0. The van der Waals surface area contributed by atoms with Gasteiger partial charge in [0.2, 0.25) is 0 Å². The fourth-order valence-corrected chi connectivity index (χ4v) is 4.65. The molecule has 0 atom stereocenters. The first-order valence-electron chi connectivity index (χ1n) is 9.70. The van der Waals surface area contributed by atoms with Crippen molar-refractivity contribution in [2.24, 2.45) is 5.16 Å². The molecule has 2 aromatic heterocycles. The smallest absolute Gasteiger partial charge is 0.129 e. The molecule has 1 aliphatic rings. The second-order valence-electron chi connectivity index (χ2n) is 6.82. The second-order valence-corrected chi connectivity index (χ2v) is 8.38. The summed E-state index contributed by atoms with van der Waals surface area (Å²) in [5, 5.41) is 12.8. The van der Waals surface area contributed by atoms with Crippen molar-refractivity contribution in [1.82, 2.24) is 4.90 Å². The van der Waals surface area contributed by atoms with Gasteiger partial charge in [-0.1, -0.05) is 5.16 Å². The Labute approximate surface area is 179 Å². The van der Waals surface area contributed by atoms with Gasteiger partial charge in [-0.05, 0) is 47.2 Å². The number of benzene rings is 1. The van der Waals surface area contributed by atoms with Gasteiger partial charge in [0, 0.05) is 60.3 Å². The maximum atomic E-state index is 5.71. The molecule has 0 radical (unpaired) electrons. The predicted octanol–water partition coefficient (Wildman–Crippen LogP) is 4.41. The highest BCUT2D eigenvalue weighted by Crippen LogP contribution is 2.20. The summed E-state index contributed by atoms with van der Waals surface area (Å²) >= 11 is 3.35. The third-order valence-electron chi connectivity index (χ3n) is 5.05. The van der Waals surface area contributed by atoms with E-state index in [1.165, 1.54) is 5.69 Å². The number of anilines is 1. The average Bonchev–Trinajstić information content (AvgIpc) is 3.49. The zero-order valence-corrected chi connectivity index (χ0v) is 18.1. The Balaban J connectivity index is 1.25. The lowest BCUT2D eigenvalue weighted by molar-refractivity contribution is 0.108. The van der Waals surface area contributed by atoms with Crippen molar-refractivity contribution in [3.63, 3.8) is 0 Å². The SMILES string of the molecule is COc1ccc(N2CCN(CCON=C(c3ccsc3)c3ccsc3)CC2)cc1. The first kappa shape index (κ1) is 19.9. The van der Waals surface area contributed by atoms with Crippen LogP contribution in [0, 0.1) is 0 Å². The van der Waals surface area contributed by atoms with Crippen LogP contribution in [0.5, 0.6) is 5.75 Å². The van der Waals surface area contributed by atoms with Gasteiger partial charge in [-0.2, -0.15) is 22.7 Å². The predicted molar refractivity (Wildman–Crippen MR) is 122 cm³/mol. The molecular formula is C22H25N3O2S2. The van der Waals surface area contributed by atoms with Gasteiger partial charge in [-0.15, -0.1) is 0 Å². The normalized spacial score (nSPS) is 14.6. The van der Waals surface area contributed by atoms with Gasteiger partial charge < -0.3 is 14.5 Å². The van der Waals surface area contributed by atoms with Crippen LogP contribution in [0.2, 0.25) is 0 Å². The van der Waals surface area contributed by atoms with Crippen molar-refractivity contribution >= 4 is 34.1 Å². The minimum atomic E-state index is 0.598. The number of rotatable bonds is 8. The van der Waals surface area contributed by atoms with Gasteiger partial charge in [-0.3, -0.25) is 4.90 Å². The van der Waals surface area contributed by atoms with Crippen LogP contribution in [0.3, 0.4) is 0 Å². The molecule has 7 heteroatoms. The highest BCUT2D eigenvalue weighted by Gasteiger charge is 2.17. The van der Waals surface area contributed by atoms with Gasteiger partial charge in [0.25, 0.3) is 0 Å². The number of oxime groups is 1. The molecule has 0 saturated carbocycles. The van der Waals surface area contributed by atoms with Gasteiger partial charge >= 0.3 is 0 Å². The van der Waals surface area contributed by atoms with E-state index in [4.69, 9.17) is 9.57 Å². The molecule has 1 aromatic carbocycles. The molecule has 0 bridgehead atoms. The fraction of sp³-hybridized carbons (Fsp3) is 0.318. The summed E-state index contributed by atoms with van der Waals surface area (Å²) in [5.74, 6) is 0.898. The molecule has 1 aliphatic heterocycles.